The zero-order valence-corrected chi connectivity index (χ0v) is 11.9. The fraction of sp³-hybridized carbons (Fsp3) is 0.692. The molecule has 17 heavy (non-hydrogen) atoms. The van der Waals surface area contributed by atoms with E-state index in [1.807, 2.05) is 13.0 Å². The molecule has 1 rings (SSSR count). The van der Waals surface area contributed by atoms with Crippen LogP contribution >= 0.6 is 11.8 Å². The SMILES string of the molecule is Cc1occc1SCCC(C)(CO)NC(C)C. The Hall–Kier alpha value is -0.450. The van der Waals surface area contributed by atoms with E-state index in [2.05, 4.69) is 26.1 Å². The standard InChI is InChI=1S/C13H23NO2S/c1-10(2)14-13(4,9-15)6-8-17-12-5-7-16-11(12)3/h5,7,10,14-15H,6,8-9H2,1-4H3. The predicted octanol–water partition coefficient (Wildman–Crippen LogP) is 2.82. The third-order valence-electron chi connectivity index (χ3n) is 2.71. The normalized spacial score (nSPS) is 15.2. The third kappa shape index (κ3) is 4.74. The van der Waals surface area contributed by atoms with Gasteiger partial charge in [-0.15, -0.1) is 11.8 Å². The molecule has 0 aliphatic heterocycles. The van der Waals surface area contributed by atoms with Crippen molar-refractivity contribution in [3.63, 3.8) is 0 Å². The molecule has 0 aliphatic carbocycles. The smallest absolute Gasteiger partial charge is 0.114 e. The highest BCUT2D eigenvalue weighted by atomic mass is 32.2. The lowest BCUT2D eigenvalue weighted by molar-refractivity contribution is 0.162. The molecule has 1 aromatic rings. The van der Waals surface area contributed by atoms with Crippen LogP contribution in [0.3, 0.4) is 0 Å². The van der Waals surface area contributed by atoms with E-state index in [1.165, 1.54) is 4.90 Å². The molecule has 2 N–H and O–H groups in total. The quantitative estimate of drug-likeness (QED) is 0.737. The maximum atomic E-state index is 9.46. The lowest BCUT2D eigenvalue weighted by Gasteiger charge is -2.31. The number of furan rings is 1. The molecule has 1 aromatic heterocycles. The fourth-order valence-corrected chi connectivity index (χ4v) is 2.98. The number of nitrogens with one attached hydrogen (secondary N) is 1. The van der Waals surface area contributed by atoms with E-state index >= 15 is 0 Å². The molecule has 0 amide bonds. The highest BCUT2D eigenvalue weighted by Gasteiger charge is 2.23. The summed E-state index contributed by atoms with van der Waals surface area (Å²) in [7, 11) is 0. The Morgan fingerprint density at radius 1 is 1.53 bits per heavy atom. The molecule has 0 aliphatic rings. The van der Waals surface area contributed by atoms with Crippen molar-refractivity contribution in [2.75, 3.05) is 12.4 Å². The van der Waals surface area contributed by atoms with Gasteiger partial charge in [0.05, 0.1) is 12.9 Å². The van der Waals surface area contributed by atoms with E-state index in [1.54, 1.807) is 18.0 Å². The average Bonchev–Trinajstić information content (AvgIpc) is 2.63. The highest BCUT2D eigenvalue weighted by molar-refractivity contribution is 7.99. The molecule has 0 radical (unpaired) electrons. The summed E-state index contributed by atoms with van der Waals surface area (Å²) >= 11 is 1.78. The Balaban J connectivity index is 2.40. The Bertz CT molecular complexity index is 338. The van der Waals surface area contributed by atoms with E-state index in [0.29, 0.717) is 6.04 Å². The van der Waals surface area contributed by atoms with Gasteiger partial charge in [-0.05, 0) is 32.1 Å². The number of rotatable bonds is 7. The predicted molar refractivity (Wildman–Crippen MR) is 72.5 cm³/mol. The number of aryl methyl sites for hydroxylation is 1. The molecular formula is C13H23NO2S. The van der Waals surface area contributed by atoms with Gasteiger partial charge in [0.1, 0.15) is 5.76 Å². The van der Waals surface area contributed by atoms with Crippen LogP contribution in [-0.2, 0) is 0 Å². The summed E-state index contributed by atoms with van der Waals surface area (Å²) in [5.41, 5.74) is -0.196. The van der Waals surface area contributed by atoms with Crippen molar-refractivity contribution in [3.8, 4) is 0 Å². The summed E-state index contributed by atoms with van der Waals surface area (Å²) in [6.45, 7) is 8.40. The van der Waals surface area contributed by atoms with Crippen molar-refractivity contribution < 1.29 is 9.52 Å². The molecule has 0 bridgehead atoms. The summed E-state index contributed by atoms with van der Waals surface area (Å²) in [5, 5.41) is 12.9. The second-order valence-electron chi connectivity index (χ2n) is 4.96. The first-order chi connectivity index (χ1) is 7.97. The minimum Gasteiger partial charge on any atom is -0.468 e. The van der Waals surface area contributed by atoms with Gasteiger partial charge >= 0.3 is 0 Å². The molecule has 0 spiro atoms. The van der Waals surface area contributed by atoms with Crippen molar-refractivity contribution in [1.82, 2.24) is 5.32 Å². The molecule has 0 saturated carbocycles. The van der Waals surface area contributed by atoms with Crippen LogP contribution in [0.15, 0.2) is 21.6 Å². The molecule has 0 fully saturated rings. The minimum atomic E-state index is -0.196. The van der Waals surface area contributed by atoms with Crippen LogP contribution in [0.4, 0.5) is 0 Å². The van der Waals surface area contributed by atoms with Gasteiger partial charge in [-0.3, -0.25) is 0 Å². The minimum absolute atomic E-state index is 0.163. The first-order valence-electron chi connectivity index (χ1n) is 6.02. The van der Waals surface area contributed by atoms with Crippen molar-refractivity contribution in [2.24, 2.45) is 0 Å². The van der Waals surface area contributed by atoms with Crippen LogP contribution in [0.5, 0.6) is 0 Å². The monoisotopic (exact) mass is 257 g/mol. The zero-order chi connectivity index (χ0) is 12.9. The van der Waals surface area contributed by atoms with Crippen LogP contribution in [0.1, 0.15) is 33.0 Å². The van der Waals surface area contributed by atoms with E-state index < -0.39 is 0 Å². The molecule has 0 aromatic carbocycles. The van der Waals surface area contributed by atoms with E-state index in [0.717, 1.165) is 17.9 Å². The van der Waals surface area contributed by atoms with Gasteiger partial charge in [0, 0.05) is 16.5 Å². The topological polar surface area (TPSA) is 45.4 Å². The Morgan fingerprint density at radius 2 is 2.24 bits per heavy atom. The average molecular weight is 257 g/mol. The Morgan fingerprint density at radius 3 is 2.71 bits per heavy atom. The second kappa shape index (κ2) is 6.47. The molecular weight excluding hydrogens is 234 g/mol. The summed E-state index contributed by atoms with van der Waals surface area (Å²) in [4.78, 5) is 1.19. The highest BCUT2D eigenvalue weighted by Crippen LogP contribution is 2.25. The largest absolute Gasteiger partial charge is 0.468 e. The summed E-state index contributed by atoms with van der Waals surface area (Å²) in [6.07, 6.45) is 2.65. The number of aliphatic hydroxyl groups is 1. The van der Waals surface area contributed by atoms with Crippen molar-refractivity contribution >= 4 is 11.8 Å². The van der Waals surface area contributed by atoms with E-state index in [4.69, 9.17) is 4.42 Å². The molecule has 1 unspecified atom stereocenters. The maximum absolute atomic E-state index is 9.46. The van der Waals surface area contributed by atoms with Gasteiger partial charge < -0.3 is 14.8 Å². The molecule has 98 valence electrons. The van der Waals surface area contributed by atoms with E-state index in [9.17, 15) is 5.11 Å². The first-order valence-corrected chi connectivity index (χ1v) is 7.01. The van der Waals surface area contributed by atoms with Crippen molar-refractivity contribution in [1.29, 1.82) is 0 Å². The van der Waals surface area contributed by atoms with Gasteiger partial charge in [0.2, 0.25) is 0 Å². The first kappa shape index (κ1) is 14.6. The Labute approximate surface area is 108 Å². The van der Waals surface area contributed by atoms with Gasteiger partial charge in [-0.2, -0.15) is 0 Å². The van der Waals surface area contributed by atoms with Gasteiger partial charge in [0.25, 0.3) is 0 Å². The molecule has 4 heteroatoms. The molecule has 1 atom stereocenters. The number of hydrogen-bond donors (Lipinski definition) is 2. The van der Waals surface area contributed by atoms with E-state index in [-0.39, 0.29) is 12.1 Å². The van der Waals surface area contributed by atoms with Gasteiger partial charge in [-0.25, -0.2) is 0 Å². The third-order valence-corrected chi connectivity index (χ3v) is 3.85. The molecule has 3 nitrogen and oxygen atoms in total. The Kier molecular flexibility index (Phi) is 5.56. The molecule has 0 saturated heterocycles. The number of aliphatic hydroxyl groups excluding tert-OH is 1. The van der Waals surface area contributed by atoms with Gasteiger partial charge in [0.15, 0.2) is 0 Å². The molecule has 1 heterocycles. The van der Waals surface area contributed by atoms with Crippen LogP contribution in [-0.4, -0.2) is 29.0 Å². The summed E-state index contributed by atoms with van der Waals surface area (Å²) in [6, 6.07) is 2.37. The lowest BCUT2D eigenvalue weighted by atomic mass is 9.99. The van der Waals surface area contributed by atoms with Crippen LogP contribution in [0, 0.1) is 6.92 Å². The maximum Gasteiger partial charge on any atom is 0.114 e. The van der Waals surface area contributed by atoms with Gasteiger partial charge in [-0.1, -0.05) is 13.8 Å². The second-order valence-corrected chi connectivity index (χ2v) is 6.09. The lowest BCUT2D eigenvalue weighted by Crippen LogP contribution is -2.49. The van der Waals surface area contributed by atoms with Crippen molar-refractivity contribution in [2.45, 2.75) is 50.6 Å². The van der Waals surface area contributed by atoms with Crippen LogP contribution in [0.2, 0.25) is 0 Å². The fourth-order valence-electron chi connectivity index (χ4n) is 1.80. The zero-order valence-electron chi connectivity index (χ0n) is 11.1. The number of thioether (sulfide) groups is 1. The summed E-state index contributed by atoms with van der Waals surface area (Å²) in [5.74, 6) is 1.94. The van der Waals surface area contributed by atoms with Crippen LogP contribution < -0.4 is 5.32 Å². The number of hydrogen-bond acceptors (Lipinski definition) is 4. The summed E-state index contributed by atoms with van der Waals surface area (Å²) < 4.78 is 5.25. The van der Waals surface area contributed by atoms with Crippen LogP contribution in [0.25, 0.3) is 0 Å². The van der Waals surface area contributed by atoms with Crippen molar-refractivity contribution in [3.05, 3.63) is 18.1 Å².